The van der Waals surface area contributed by atoms with Crippen LogP contribution in [-0.4, -0.2) is 18.2 Å². The van der Waals surface area contributed by atoms with E-state index >= 15 is 0 Å². The SMILES string of the molecule is [CH2]COCCc1cccc2c1[nH]c1ccccc12. The molecular formula is C16H16NO. The highest BCUT2D eigenvalue weighted by atomic mass is 16.5. The molecule has 0 spiro atoms. The molecule has 91 valence electrons. The van der Waals surface area contributed by atoms with E-state index in [1.165, 1.54) is 27.4 Å². The monoisotopic (exact) mass is 238 g/mol. The minimum Gasteiger partial charge on any atom is -0.381 e. The maximum absolute atomic E-state index is 5.34. The van der Waals surface area contributed by atoms with Crippen LogP contribution in [0.3, 0.4) is 0 Å². The van der Waals surface area contributed by atoms with Gasteiger partial charge < -0.3 is 9.72 Å². The molecule has 0 saturated heterocycles. The van der Waals surface area contributed by atoms with Crippen molar-refractivity contribution in [2.45, 2.75) is 6.42 Å². The largest absolute Gasteiger partial charge is 0.381 e. The number of para-hydroxylation sites is 2. The van der Waals surface area contributed by atoms with Gasteiger partial charge in [-0.15, -0.1) is 0 Å². The number of H-pyrrole nitrogens is 1. The van der Waals surface area contributed by atoms with Crippen LogP contribution in [0.25, 0.3) is 21.8 Å². The fourth-order valence-electron chi connectivity index (χ4n) is 2.43. The summed E-state index contributed by atoms with van der Waals surface area (Å²) in [6.07, 6.45) is 0.916. The second-order valence-electron chi connectivity index (χ2n) is 4.37. The Kier molecular flexibility index (Phi) is 3.03. The van der Waals surface area contributed by atoms with Gasteiger partial charge in [0.2, 0.25) is 0 Å². The number of aromatic nitrogens is 1. The molecule has 0 fully saturated rings. The summed E-state index contributed by atoms with van der Waals surface area (Å²) in [4.78, 5) is 3.50. The fraction of sp³-hybridized carbons (Fsp3) is 0.188. The molecule has 0 bridgehead atoms. The molecule has 1 radical (unpaired) electrons. The zero-order valence-electron chi connectivity index (χ0n) is 10.3. The highest BCUT2D eigenvalue weighted by molar-refractivity contribution is 6.08. The number of ether oxygens (including phenoxy) is 1. The normalized spacial score (nSPS) is 11.4. The Morgan fingerprint density at radius 1 is 1.00 bits per heavy atom. The minimum absolute atomic E-state index is 0.530. The van der Waals surface area contributed by atoms with E-state index in [9.17, 15) is 0 Å². The highest BCUT2D eigenvalue weighted by Gasteiger charge is 2.06. The van der Waals surface area contributed by atoms with E-state index in [0.29, 0.717) is 6.61 Å². The Morgan fingerprint density at radius 3 is 2.72 bits per heavy atom. The molecular weight excluding hydrogens is 222 g/mol. The number of hydrogen-bond acceptors (Lipinski definition) is 1. The summed E-state index contributed by atoms with van der Waals surface area (Å²) < 4.78 is 5.34. The summed E-state index contributed by atoms with van der Waals surface area (Å²) in [5.74, 6) is 0. The quantitative estimate of drug-likeness (QED) is 0.688. The molecule has 0 atom stereocenters. The van der Waals surface area contributed by atoms with Gasteiger partial charge in [0.1, 0.15) is 0 Å². The van der Waals surface area contributed by atoms with Gasteiger partial charge in [0, 0.05) is 28.4 Å². The van der Waals surface area contributed by atoms with Crippen LogP contribution in [0.2, 0.25) is 0 Å². The molecule has 18 heavy (non-hydrogen) atoms. The molecule has 1 heterocycles. The van der Waals surface area contributed by atoms with Gasteiger partial charge in [-0.1, -0.05) is 36.4 Å². The summed E-state index contributed by atoms with van der Waals surface area (Å²) in [7, 11) is 0. The lowest BCUT2D eigenvalue weighted by atomic mass is 10.1. The number of aromatic amines is 1. The van der Waals surface area contributed by atoms with Gasteiger partial charge >= 0.3 is 0 Å². The molecule has 2 nitrogen and oxygen atoms in total. The standard InChI is InChI=1S/C16H16NO/c1-2-18-11-10-12-6-5-8-14-13-7-3-4-9-15(13)17-16(12)14/h3-9,17H,1-2,10-11H2. The molecule has 0 amide bonds. The lowest BCUT2D eigenvalue weighted by molar-refractivity contribution is 0.164. The molecule has 3 rings (SSSR count). The first-order chi connectivity index (χ1) is 8.90. The average Bonchev–Trinajstić information content (AvgIpc) is 2.79. The van der Waals surface area contributed by atoms with E-state index in [4.69, 9.17) is 4.74 Å². The van der Waals surface area contributed by atoms with Gasteiger partial charge in [-0.2, -0.15) is 0 Å². The van der Waals surface area contributed by atoms with Gasteiger partial charge in [-0.3, -0.25) is 0 Å². The maximum atomic E-state index is 5.34. The van der Waals surface area contributed by atoms with Crippen LogP contribution in [0.4, 0.5) is 0 Å². The van der Waals surface area contributed by atoms with Crippen LogP contribution >= 0.6 is 0 Å². The van der Waals surface area contributed by atoms with Crippen LogP contribution in [0.1, 0.15) is 5.56 Å². The summed E-state index contributed by atoms with van der Waals surface area (Å²) in [6.45, 7) is 4.93. The number of hydrogen-bond donors (Lipinski definition) is 1. The maximum Gasteiger partial charge on any atom is 0.0507 e. The van der Waals surface area contributed by atoms with Gasteiger partial charge in [0.05, 0.1) is 6.61 Å². The van der Waals surface area contributed by atoms with Crippen molar-refractivity contribution in [3.8, 4) is 0 Å². The fourth-order valence-corrected chi connectivity index (χ4v) is 2.43. The van der Waals surface area contributed by atoms with E-state index in [0.717, 1.165) is 13.0 Å². The third-order valence-electron chi connectivity index (χ3n) is 3.29. The van der Waals surface area contributed by atoms with Crippen LogP contribution in [0, 0.1) is 6.92 Å². The zero-order valence-corrected chi connectivity index (χ0v) is 10.3. The Balaban J connectivity index is 2.09. The van der Waals surface area contributed by atoms with Crippen molar-refractivity contribution in [3.05, 3.63) is 55.0 Å². The predicted octanol–water partition coefficient (Wildman–Crippen LogP) is 3.71. The molecule has 1 N–H and O–H groups in total. The average molecular weight is 238 g/mol. The van der Waals surface area contributed by atoms with E-state index in [2.05, 4.69) is 54.4 Å². The van der Waals surface area contributed by atoms with Crippen molar-refractivity contribution in [2.75, 3.05) is 13.2 Å². The molecule has 0 aliphatic heterocycles. The molecule has 0 aliphatic rings. The number of fused-ring (bicyclic) bond motifs is 3. The second-order valence-corrected chi connectivity index (χ2v) is 4.37. The van der Waals surface area contributed by atoms with Crippen molar-refractivity contribution < 1.29 is 4.74 Å². The first kappa shape index (κ1) is 11.3. The van der Waals surface area contributed by atoms with Crippen molar-refractivity contribution in [1.29, 1.82) is 0 Å². The summed E-state index contributed by atoms with van der Waals surface area (Å²) in [6, 6.07) is 14.8. The number of rotatable bonds is 4. The summed E-state index contributed by atoms with van der Waals surface area (Å²) in [5.41, 5.74) is 3.72. The molecule has 1 aromatic heterocycles. The summed E-state index contributed by atoms with van der Waals surface area (Å²) >= 11 is 0. The number of nitrogens with one attached hydrogen (secondary N) is 1. The highest BCUT2D eigenvalue weighted by Crippen LogP contribution is 2.27. The van der Waals surface area contributed by atoms with Gasteiger partial charge in [0.15, 0.2) is 0 Å². The Morgan fingerprint density at radius 2 is 1.83 bits per heavy atom. The minimum atomic E-state index is 0.530. The Hall–Kier alpha value is -1.80. The third-order valence-corrected chi connectivity index (χ3v) is 3.29. The van der Waals surface area contributed by atoms with E-state index in [1.807, 2.05) is 0 Å². The molecule has 3 aromatic rings. The van der Waals surface area contributed by atoms with Crippen LogP contribution in [0.15, 0.2) is 42.5 Å². The lowest BCUT2D eigenvalue weighted by Gasteiger charge is -2.03. The van der Waals surface area contributed by atoms with E-state index in [-0.39, 0.29) is 0 Å². The van der Waals surface area contributed by atoms with Crippen molar-refractivity contribution >= 4 is 21.8 Å². The Labute approximate surface area is 107 Å². The Bertz CT molecular complexity index is 669. The van der Waals surface area contributed by atoms with Crippen LogP contribution in [0.5, 0.6) is 0 Å². The van der Waals surface area contributed by atoms with Crippen LogP contribution < -0.4 is 0 Å². The summed E-state index contributed by atoms with van der Waals surface area (Å²) in [5, 5.41) is 2.57. The first-order valence-electron chi connectivity index (χ1n) is 6.25. The van der Waals surface area contributed by atoms with E-state index < -0.39 is 0 Å². The molecule has 0 saturated carbocycles. The van der Waals surface area contributed by atoms with Gasteiger partial charge in [-0.05, 0) is 25.0 Å². The first-order valence-corrected chi connectivity index (χ1v) is 6.25. The molecule has 2 heteroatoms. The van der Waals surface area contributed by atoms with Crippen molar-refractivity contribution in [1.82, 2.24) is 4.98 Å². The van der Waals surface area contributed by atoms with Crippen molar-refractivity contribution in [2.24, 2.45) is 0 Å². The second kappa shape index (κ2) is 4.83. The van der Waals surface area contributed by atoms with Crippen molar-refractivity contribution in [3.63, 3.8) is 0 Å². The van der Waals surface area contributed by atoms with E-state index in [1.54, 1.807) is 0 Å². The van der Waals surface area contributed by atoms with Gasteiger partial charge in [-0.25, -0.2) is 0 Å². The predicted molar refractivity (Wildman–Crippen MR) is 75.7 cm³/mol. The third kappa shape index (κ3) is 1.89. The topological polar surface area (TPSA) is 25.0 Å². The zero-order chi connectivity index (χ0) is 12.4. The molecule has 2 aromatic carbocycles. The van der Waals surface area contributed by atoms with Crippen LogP contribution in [-0.2, 0) is 11.2 Å². The molecule has 0 unspecified atom stereocenters. The molecule has 0 aliphatic carbocycles. The van der Waals surface area contributed by atoms with Gasteiger partial charge in [0.25, 0.3) is 0 Å². The smallest absolute Gasteiger partial charge is 0.0507 e. The lowest BCUT2D eigenvalue weighted by Crippen LogP contribution is -1.98. The number of benzene rings is 2.